The molecule has 0 spiro atoms. The number of rotatable bonds is 7. The number of hydrogen-bond acceptors (Lipinski definition) is 6. The number of nitrogens with zero attached hydrogens (tertiary/aromatic N) is 1. The molecule has 0 radical (unpaired) electrons. The van der Waals surface area contributed by atoms with Crippen LogP contribution in [0.5, 0.6) is 0 Å². The molecular formula is C28H25F2N3O4. The molecule has 1 heterocycles. The number of anilines is 1. The van der Waals surface area contributed by atoms with Crippen LogP contribution in [0.4, 0.5) is 14.5 Å². The summed E-state index contributed by atoms with van der Waals surface area (Å²) in [5.41, 5.74) is 5.10. The summed E-state index contributed by atoms with van der Waals surface area (Å²) in [6.45, 7) is 5.50. The van der Waals surface area contributed by atoms with Gasteiger partial charge in [0.05, 0.1) is 17.0 Å². The number of hydroxylamine groups is 1. The monoisotopic (exact) mass is 505 g/mol. The molecule has 1 atom stereocenters. The SMILES string of the molecule is CN=C(NOC=O)c1c(NC(C)c2cc(C)cc3c(=O)c(C)c(-c4ccccc4)oc23)ccc(F)c1F. The van der Waals surface area contributed by atoms with E-state index in [0.29, 0.717) is 27.9 Å². The Morgan fingerprint density at radius 1 is 1.11 bits per heavy atom. The second-order valence-corrected chi connectivity index (χ2v) is 8.52. The summed E-state index contributed by atoms with van der Waals surface area (Å²) in [6, 6.07) is 14.8. The summed E-state index contributed by atoms with van der Waals surface area (Å²) in [5, 5.41) is 3.58. The van der Waals surface area contributed by atoms with E-state index in [1.165, 1.54) is 13.1 Å². The van der Waals surface area contributed by atoms with Crippen molar-refractivity contribution in [3.05, 3.63) is 98.7 Å². The van der Waals surface area contributed by atoms with Gasteiger partial charge in [-0.05, 0) is 44.5 Å². The average molecular weight is 506 g/mol. The van der Waals surface area contributed by atoms with Crippen LogP contribution in [0.1, 0.15) is 35.2 Å². The lowest BCUT2D eigenvalue weighted by Crippen LogP contribution is -2.27. The molecule has 0 saturated heterocycles. The minimum Gasteiger partial charge on any atom is -0.455 e. The first kappa shape index (κ1) is 25.6. The minimum absolute atomic E-state index is 0.102. The Balaban J connectivity index is 1.86. The lowest BCUT2D eigenvalue weighted by Gasteiger charge is -2.21. The highest BCUT2D eigenvalue weighted by molar-refractivity contribution is 6.03. The standard InChI is InChI=1S/C28H25F2N3O4/c1-15-12-19(27-20(13-15)25(35)16(2)26(37-27)18-8-6-5-7-9-18)17(3)32-22-11-10-21(29)24(30)23(22)28(31-4)33-36-14-34/h5-14,17,32H,1-4H3,(H,31,33). The number of amidine groups is 1. The van der Waals surface area contributed by atoms with E-state index in [1.807, 2.05) is 43.3 Å². The normalized spacial score (nSPS) is 12.3. The van der Waals surface area contributed by atoms with Crippen LogP contribution in [0.25, 0.3) is 22.3 Å². The molecule has 37 heavy (non-hydrogen) atoms. The van der Waals surface area contributed by atoms with E-state index >= 15 is 0 Å². The zero-order chi connectivity index (χ0) is 26.7. The number of aryl methyl sites for hydroxylation is 1. The number of benzene rings is 3. The number of carbonyl (C=O) groups is 1. The molecule has 1 aromatic heterocycles. The van der Waals surface area contributed by atoms with Gasteiger partial charge in [0, 0.05) is 29.4 Å². The third-order valence-corrected chi connectivity index (χ3v) is 6.03. The summed E-state index contributed by atoms with van der Waals surface area (Å²) in [4.78, 5) is 32.4. The summed E-state index contributed by atoms with van der Waals surface area (Å²) in [6.07, 6.45) is 0. The van der Waals surface area contributed by atoms with Gasteiger partial charge in [0.25, 0.3) is 0 Å². The second-order valence-electron chi connectivity index (χ2n) is 8.52. The van der Waals surface area contributed by atoms with Crippen molar-refractivity contribution in [2.45, 2.75) is 26.8 Å². The molecule has 0 aliphatic heterocycles. The maximum Gasteiger partial charge on any atom is 0.320 e. The van der Waals surface area contributed by atoms with E-state index in [2.05, 4.69) is 20.6 Å². The van der Waals surface area contributed by atoms with Gasteiger partial charge >= 0.3 is 6.47 Å². The largest absolute Gasteiger partial charge is 0.455 e. The van der Waals surface area contributed by atoms with E-state index in [1.54, 1.807) is 19.9 Å². The highest BCUT2D eigenvalue weighted by Gasteiger charge is 2.23. The predicted octanol–water partition coefficient (Wildman–Crippen LogP) is 5.58. The average Bonchev–Trinajstić information content (AvgIpc) is 2.90. The first-order valence-corrected chi connectivity index (χ1v) is 11.5. The number of halogens is 2. The molecule has 4 rings (SSSR count). The molecule has 3 aromatic carbocycles. The Morgan fingerprint density at radius 3 is 2.51 bits per heavy atom. The molecule has 2 N–H and O–H groups in total. The Labute approximate surface area is 211 Å². The third kappa shape index (κ3) is 4.93. The van der Waals surface area contributed by atoms with E-state index in [9.17, 15) is 18.4 Å². The van der Waals surface area contributed by atoms with E-state index in [4.69, 9.17) is 4.42 Å². The molecule has 0 fully saturated rings. The van der Waals surface area contributed by atoms with Gasteiger partial charge in [-0.15, -0.1) is 0 Å². The lowest BCUT2D eigenvalue weighted by atomic mass is 9.98. The van der Waals surface area contributed by atoms with Crippen molar-refractivity contribution >= 4 is 29.0 Å². The van der Waals surface area contributed by atoms with E-state index in [0.717, 1.165) is 17.2 Å². The van der Waals surface area contributed by atoms with E-state index < -0.39 is 17.7 Å². The fraction of sp³-hybridized carbons (Fsp3) is 0.179. The molecule has 0 aliphatic carbocycles. The van der Waals surface area contributed by atoms with Gasteiger partial charge in [-0.25, -0.2) is 14.3 Å². The smallest absolute Gasteiger partial charge is 0.320 e. The quantitative estimate of drug-likeness (QED) is 0.147. The maximum atomic E-state index is 14.9. The number of fused-ring (bicyclic) bond motifs is 1. The van der Waals surface area contributed by atoms with Gasteiger partial charge in [0.15, 0.2) is 22.9 Å². The second kappa shape index (κ2) is 10.6. The summed E-state index contributed by atoms with van der Waals surface area (Å²) >= 11 is 0. The first-order chi connectivity index (χ1) is 17.8. The highest BCUT2D eigenvalue weighted by Crippen LogP contribution is 2.33. The van der Waals surface area contributed by atoms with Crippen molar-refractivity contribution in [2.24, 2.45) is 4.99 Å². The Hall–Kier alpha value is -4.53. The molecule has 0 bridgehead atoms. The van der Waals surface area contributed by atoms with Crippen molar-refractivity contribution in [1.29, 1.82) is 0 Å². The molecule has 9 heteroatoms. The van der Waals surface area contributed by atoms with Crippen LogP contribution in [-0.2, 0) is 9.63 Å². The summed E-state index contributed by atoms with van der Waals surface area (Å²) in [5.74, 6) is -2.01. The van der Waals surface area contributed by atoms with Crippen molar-refractivity contribution in [3.63, 3.8) is 0 Å². The zero-order valence-corrected chi connectivity index (χ0v) is 20.7. The molecular weight excluding hydrogens is 480 g/mol. The highest BCUT2D eigenvalue weighted by atomic mass is 19.2. The Morgan fingerprint density at radius 2 is 1.84 bits per heavy atom. The maximum absolute atomic E-state index is 14.9. The van der Waals surface area contributed by atoms with Crippen LogP contribution in [0.2, 0.25) is 0 Å². The Bertz CT molecular complexity index is 1570. The number of aliphatic imine (C=N–C) groups is 1. The molecule has 0 saturated carbocycles. The van der Waals surface area contributed by atoms with Crippen LogP contribution >= 0.6 is 0 Å². The van der Waals surface area contributed by atoms with Crippen molar-refractivity contribution in [3.8, 4) is 11.3 Å². The molecule has 1 unspecified atom stereocenters. The van der Waals surface area contributed by atoms with Gasteiger partial charge in [0.2, 0.25) is 0 Å². The zero-order valence-electron chi connectivity index (χ0n) is 20.7. The molecule has 7 nitrogen and oxygen atoms in total. The fourth-order valence-corrected chi connectivity index (χ4v) is 4.26. The Kier molecular flexibility index (Phi) is 7.33. The van der Waals surface area contributed by atoms with Crippen LogP contribution in [-0.4, -0.2) is 19.4 Å². The topological polar surface area (TPSA) is 92.9 Å². The van der Waals surface area contributed by atoms with Crippen LogP contribution in [0, 0.1) is 25.5 Å². The first-order valence-electron chi connectivity index (χ1n) is 11.5. The summed E-state index contributed by atoms with van der Waals surface area (Å²) in [7, 11) is 1.34. The van der Waals surface area contributed by atoms with Crippen molar-refractivity contribution in [2.75, 3.05) is 12.4 Å². The van der Waals surface area contributed by atoms with Crippen molar-refractivity contribution in [1.82, 2.24) is 5.48 Å². The predicted molar refractivity (Wildman–Crippen MR) is 139 cm³/mol. The van der Waals surface area contributed by atoms with Crippen LogP contribution in [0.15, 0.2) is 68.8 Å². The van der Waals surface area contributed by atoms with Gasteiger partial charge in [0.1, 0.15) is 11.3 Å². The van der Waals surface area contributed by atoms with Crippen LogP contribution in [0.3, 0.4) is 0 Å². The number of nitrogens with one attached hydrogen (secondary N) is 2. The van der Waals surface area contributed by atoms with Gasteiger partial charge < -0.3 is 14.6 Å². The fourth-order valence-electron chi connectivity index (χ4n) is 4.26. The number of carbonyl (C=O) groups excluding carboxylic acids is 1. The third-order valence-electron chi connectivity index (χ3n) is 6.03. The van der Waals surface area contributed by atoms with Gasteiger partial charge in [-0.3, -0.25) is 14.6 Å². The van der Waals surface area contributed by atoms with Gasteiger partial charge in [-0.2, -0.15) is 0 Å². The van der Waals surface area contributed by atoms with Gasteiger partial charge in [-0.1, -0.05) is 36.4 Å². The lowest BCUT2D eigenvalue weighted by molar-refractivity contribution is -0.132. The number of hydrogen-bond donors (Lipinski definition) is 2. The van der Waals surface area contributed by atoms with Crippen molar-refractivity contribution < 1.29 is 22.8 Å². The van der Waals surface area contributed by atoms with E-state index in [-0.39, 0.29) is 29.0 Å². The molecule has 0 aliphatic rings. The van der Waals surface area contributed by atoms with Crippen LogP contribution < -0.4 is 16.2 Å². The minimum atomic E-state index is -1.18. The molecule has 0 amide bonds. The summed E-state index contributed by atoms with van der Waals surface area (Å²) < 4.78 is 35.4. The molecule has 190 valence electrons. The molecule has 4 aromatic rings.